The first-order valence-corrected chi connectivity index (χ1v) is 10.5. The predicted molar refractivity (Wildman–Crippen MR) is 113 cm³/mol. The molecule has 0 aliphatic rings. The number of nitrogens with one attached hydrogen (secondary N) is 2. The highest BCUT2D eigenvalue weighted by Gasteiger charge is 2.21. The van der Waals surface area contributed by atoms with Crippen molar-refractivity contribution >= 4 is 44.6 Å². The van der Waals surface area contributed by atoms with Gasteiger partial charge in [-0.3, -0.25) is 20.2 Å². The molecule has 0 aliphatic heterocycles. The molecule has 0 saturated carbocycles. The fourth-order valence-corrected chi connectivity index (χ4v) is 4.16. The van der Waals surface area contributed by atoms with Gasteiger partial charge in [-0.25, -0.2) is 8.42 Å². The Morgan fingerprint density at radius 3 is 2.10 bits per heavy atom. The van der Waals surface area contributed by atoms with Gasteiger partial charge in [-0.2, -0.15) is 4.31 Å². The number of nitro groups is 1. The largest absolute Gasteiger partial charge is 0.332 e. The molecule has 2 aromatic rings. The number of benzene rings is 2. The minimum absolute atomic E-state index is 0.00713. The van der Waals surface area contributed by atoms with Gasteiger partial charge in [0.1, 0.15) is 0 Å². The van der Waals surface area contributed by atoms with Crippen LogP contribution in [0.4, 0.5) is 11.4 Å². The van der Waals surface area contributed by atoms with E-state index in [2.05, 4.69) is 10.6 Å². The average molecular weight is 437 g/mol. The van der Waals surface area contributed by atoms with Crippen LogP contribution in [0.5, 0.6) is 0 Å². The number of nitro benzene ring substituents is 1. The van der Waals surface area contributed by atoms with E-state index in [1.165, 1.54) is 40.7 Å². The standard InChI is InChI=1S/C18H20N4O5S2/c1-3-21(4-2)29(26,27)16-11-7-14(8-12-16)19-18(28)20-17(23)13-5-9-15(10-6-13)22(24)25/h5-12H,3-4H2,1-2H3,(H2,19,20,23,28). The van der Waals surface area contributed by atoms with Crippen molar-refractivity contribution in [3.63, 3.8) is 0 Å². The molecular formula is C18H20N4O5S2. The second kappa shape index (κ2) is 9.54. The van der Waals surface area contributed by atoms with Crippen molar-refractivity contribution in [2.24, 2.45) is 0 Å². The van der Waals surface area contributed by atoms with Crippen LogP contribution < -0.4 is 10.6 Å². The second-order valence-electron chi connectivity index (χ2n) is 5.83. The van der Waals surface area contributed by atoms with Crippen LogP contribution in [0.25, 0.3) is 0 Å². The molecule has 2 rings (SSSR count). The van der Waals surface area contributed by atoms with Gasteiger partial charge in [0.2, 0.25) is 10.0 Å². The Morgan fingerprint density at radius 1 is 1.07 bits per heavy atom. The van der Waals surface area contributed by atoms with Crippen molar-refractivity contribution in [2.45, 2.75) is 18.7 Å². The summed E-state index contributed by atoms with van der Waals surface area (Å²) < 4.78 is 26.3. The first-order chi connectivity index (χ1) is 13.7. The van der Waals surface area contributed by atoms with Gasteiger partial charge in [-0.05, 0) is 48.6 Å². The molecule has 0 bridgehead atoms. The highest BCUT2D eigenvalue weighted by molar-refractivity contribution is 7.89. The maximum absolute atomic E-state index is 12.5. The Morgan fingerprint density at radius 2 is 1.62 bits per heavy atom. The third-order valence-corrected chi connectivity index (χ3v) is 6.29. The molecule has 0 unspecified atom stereocenters. The average Bonchev–Trinajstić information content (AvgIpc) is 2.69. The molecule has 0 saturated heterocycles. The third-order valence-electron chi connectivity index (χ3n) is 4.02. The van der Waals surface area contributed by atoms with E-state index in [1.54, 1.807) is 26.0 Å². The first kappa shape index (κ1) is 22.4. The maximum Gasteiger partial charge on any atom is 0.269 e. The van der Waals surface area contributed by atoms with E-state index in [9.17, 15) is 23.3 Å². The van der Waals surface area contributed by atoms with Gasteiger partial charge < -0.3 is 5.32 Å². The lowest BCUT2D eigenvalue weighted by Crippen LogP contribution is -2.34. The summed E-state index contributed by atoms with van der Waals surface area (Å²) in [6.07, 6.45) is 0. The van der Waals surface area contributed by atoms with Gasteiger partial charge in [-0.15, -0.1) is 0 Å². The van der Waals surface area contributed by atoms with E-state index in [4.69, 9.17) is 12.2 Å². The Bertz CT molecular complexity index is 1000. The van der Waals surface area contributed by atoms with Crippen molar-refractivity contribution in [1.82, 2.24) is 9.62 Å². The van der Waals surface area contributed by atoms with Gasteiger partial charge in [0.05, 0.1) is 9.82 Å². The summed E-state index contributed by atoms with van der Waals surface area (Å²) in [4.78, 5) is 22.4. The number of hydrogen-bond acceptors (Lipinski definition) is 6. The number of carbonyl (C=O) groups is 1. The van der Waals surface area contributed by atoms with Gasteiger partial charge >= 0.3 is 0 Å². The number of nitrogens with zero attached hydrogens (tertiary/aromatic N) is 2. The van der Waals surface area contributed by atoms with Crippen LogP contribution >= 0.6 is 12.2 Å². The summed E-state index contributed by atoms with van der Waals surface area (Å²) in [5, 5.41) is 15.9. The molecule has 2 N–H and O–H groups in total. The molecule has 11 heteroatoms. The molecule has 0 spiro atoms. The first-order valence-electron chi connectivity index (χ1n) is 8.66. The maximum atomic E-state index is 12.5. The number of rotatable bonds is 7. The SMILES string of the molecule is CCN(CC)S(=O)(=O)c1ccc(NC(=S)NC(=O)c2ccc([N+](=O)[O-])cc2)cc1. The molecule has 0 atom stereocenters. The third kappa shape index (κ3) is 5.56. The van der Waals surface area contributed by atoms with Gasteiger partial charge in [0, 0.05) is 36.5 Å². The van der Waals surface area contributed by atoms with Crippen LogP contribution in [0, 0.1) is 10.1 Å². The summed E-state index contributed by atoms with van der Waals surface area (Å²) in [5.74, 6) is -0.530. The summed E-state index contributed by atoms with van der Waals surface area (Å²) >= 11 is 5.09. The summed E-state index contributed by atoms with van der Waals surface area (Å²) in [7, 11) is -3.56. The van der Waals surface area contributed by atoms with Gasteiger partial charge in [0.15, 0.2) is 5.11 Å². The Hall–Kier alpha value is -2.89. The minimum Gasteiger partial charge on any atom is -0.332 e. The molecule has 1 amide bonds. The Labute approximate surface area is 173 Å². The van der Waals surface area contributed by atoms with Crippen molar-refractivity contribution in [2.75, 3.05) is 18.4 Å². The molecule has 154 valence electrons. The molecule has 2 aromatic carbocycles. The monoisotopic (exact) mass is 436 g/mol. The van der Waals surface area contributed by atoms with E-state index in [0.29, 0.717) is 18.8 Å². The second-order valence-corrected chi connectivity index (χ2v) is 8.17. The lowest BCUT2D eigenvalue weighted by Gasteiger charge is -2.18. The molecule has 0 aliphatic carbocycles. The van der Waals surface area contributed by atoms with Gasteiger partial charge in [0.25, 0.3) is 11.6 Å². The molecular weight excluding hydrogens is 416 g/mol. The fourth-order valence-electron chi connectivity index (χ4n) is 2.49. The van der Waals surface area contributed by atoms with Crippen LogP contribution in [-0.2, 0) is 10.0 Å². The molecule has 0 fully saturated rings. The quantitative estimate of drug-likeness (QED) is 0.389. The van der Waals surface area contributed by atoms with E-state index in [1.807, 2.05) is 0 Å². The van der Waals surface area contributed by atoms with Crippen LogP contribution in [-0.4, -0.2) is 41.8 Å². The predicted octanol–water partition coefficient (Wildman–Crippen LogP) is 2.75. The van der Waals surface area contributed by atoms with Crippen LogP contribution in [0.1, 0.15) is 24.2 Å². The highest BCUT2D eigenvalue weighted by atomic mass is 32.2. The molecule has 0 aromatic heterocycles. The number of hydrogen-bond donors (Lipinski definition) is 2. The summed E-state index contributed by atoms with van der Waals surface area (Å²) in [6, 6.07) is 11.1. The van der Waals surface area contributed by atoms with Gasteiger partial charge in [-0.1, -0.05) is 13.8 Å². The number of non-ortho nitro benzene ring substituents is 1. The number of thiocarbonyl (C=S) groups is 1. The Kier molecular flexibility index (Phi) is 7.37. The summed E-state index contributed by atoms with van der Waals surface area (Å²) in [6.45, 7) is 4.28. The smallest absolute Gasteiger partial charge is 0.269 e. The minimum atomic E-state index is -3.56. The normalized spacial score (nSPS) is 11.1. The van der Waals surface area contributed by atoms with Crippen LogP contribution in [0.3, 0.4) is 0 Å². The van der Waals surface area contributed by atoms with Crippen molar-refractivity contribution in [1.29, 1.82) is 0 Å². The van der Waals surface area contributed by atoms with Crippen molar-refractivity contribution < 1.29 is 18.1 Å². The zero-order chi connectivity index (χ0) is 21.6. The zero-order valence-corrected chi connectivity index (χ0v) is 17.4. The number of amides is 1. The fraction of sp³-hybridized carbons (Fsp3) is 0.222. The topological polar surface area (TPSA) is 122 Å². The van der Waals surface area contributed by atoms with E-state index in [0.717, 1.165) is 0 Å². The molecule has 0 heterocycles. The van der Waals surface area contributed by atoms with Crippen LogP contribution in [0.15, 0.2) is 53.4 Å². The van der Waals surface area contributed by atoms with Crippen molar-refractivity contribution in [3.05, 3.63) is 64.2 Å². The summed E-state index contributed by atoms with van der Waals surface area (Å²) in [5.41, 5.74) is 0.583. The number of carbonyl (C=O) groups excluding carboxylic acids is 1. The van der Waals surface area contributed by atoms with Crippen LogP contribution in [0.2, 0.25) is 0 Å². The van der Waals surface area contributed by atoms with E-state index < -0.39 is 20.9 Å². The van der Waals surface area contributed by atoms with E-state index in [-0.39, 0.29) is 21.3 Å². The van der Waals surface area contributed by atoms with E-state index >= 15 is 0 Å². The molecule has 29 heavy (non-hydrogen) atoms. The lowest BCUT2D eigenvalue weighted by atomic mass is 10.2. The number of anilines is 1. The van der Waals surface area contributed by atoms with Crippen molar-refractivity contribution in [3.8, 4) is 0 Å². The molecule has 9 nitrogen and oxygen atoms in total. The Balaban J connectivity index is 2.02. The number of sulfonamides is 1. The lowest BCUT2D eigenvalue weighted by molar-refractivity contribution is -0.384. The molecule has 0 radical (unpaired) electrons. The zero-order valence-electron chi connectivity index (χ0n) is 15.8. The highest BCUT2D eigenvalue weighted by Crippen LogP contribution is 2.18.